The SMILES string of the molecule is O=C(O)/C=C/c1ccc(OC(F)(F)c2ccc(CCCCCC(F)(F)F)cc2)cc1.O=C(O)/C=C/c1ccc(OC(F)(F)c2ccc(CCCCF)cc2)cc1. The minimum absolute atomic E-state index is 0.0329. The monoisotopic (exact) mass is 792 g/mol. The Kier molecular flexibility index (Phi) is 17.1. The second-order valence-corrected chi connectivity index (χ2v) is 12.4. The number of rotatable bonds is 19. The molecular formula is C42H40F8O6. The third-order valence-corrected chi connectivity index (χ3v) is 7.94. The fraction of sp³-hybridized carbons (Fsp3) is 0.286. The van der Waals surface area contributed by atoms with Crippen molar-refractivity contribution in [2.75, 3.05) is 6.67 Å². The number of hydrogen-bond donors (Lipinski definition) is 2. The molecule has 4 aromatic carbocycles. The minimum atomic E-state index is -4.15. The zero-order chi connectivity index (χ0) is 41.2. The normalized spacial score (nSPS) is 12.0. The third-order valence-electron chi connectivity index (χ3n) is 7.94. The lowest BCUT2D eigenvalue weighted by Crippen LogP contribution is -2.21. The van der Waals surface area contributed by atoms with Crippen molar-refractivity contribution < 1.29 is 64.4 Å². The maximum absolute atomic E-state index is 14.4. The molecule has 0 saturated carbocycles. The van der Waals surface area contributed by atoms with Crippen LogP contribution < -0.4 is 9.47 Å². The summed E-state index contributed by atoms with van der Waals surface area (Å²) in [5.74, 6) is -2.33. The van der Waals surface area contributed by atoms with Gasteiger partial charge in [-0.05, 0) is 121 Å². The van der Waals surface area contributed by atoms with Gasteiger partial charge in [0.15, 0.2) is 0 Å². The van der Waals surface area contributed by atoms with Crippen LogP contribution in [-0.2, 0) is 34.6 Å². The van der Waals surface area contributed by atoms with Crippen LogP contribution in [0.1, 0.15) is 71.9 Å². The van der Waals surface area contributed by atoms with Gasteiger partial charge in [0.1, 0.15) is 11.5 Å². The molecule has 4 rings (SSSR count). The van der Waals surface area contributed by atoms with Crippen LogP contribution in [0.25, 0.3) is 12.2 Å². The Morgan fingerprint density at radius 1 is 0.518 bits per heavy atom. The average Bonchev–Trinajstić information content (AvgIpc) is 3.14. The summed E-state index contributed by atoms with van der Waals surface area (Å²) < 4.78 is 115. The maximum Gasteiger partial charge on any atom is 0.426 e. The second kappa shape index (κ2) is 21.4. The number of carbonyl (C=O) groups is 2. The maximum atomic E-state index is 14.4. The van der Waals surface area contributed by atoms with Gasteiger partial charge >= 0.3 is 30.3 Å². The van der Waals surface area contributed by atoms with Gasteiger partial charge in [0, 0.05) is 18.6 Å². The van der Waals surface area contributed by atoms with Crippen LogP contribution in [0.15, 0.2) is 109 Å². The molecule has 0 bridgehead atoms. The van der Waals surface area contributed by atoms with Gasteiger partial charge in [-0.2, -0.15) is 30.7 Å². The van der Waals surface area contributed by atoms with E-state index in [4.69, 9.17) is 19.7 Å². The molecule has 0 atom stereocenters. The number of carboxylic acids is 2. The Morgan fingerprint density at radius 2 is 0.893 bits per heavy atom. The van der Waals surface area contributed by atoms with Gasteiger partial charge < -0.3 is 19.7 Å². The van der Waals surface area contributed by atoms with E-state index >= 15 is 0 Å². The Morgan fingerprint density at radius 3 is 1.23 bits per heavy atom. The summed E-state index contributed by atoms with van der Waals surface area (Å²) >= 11 is 0. The molecule has 4 aromatic rings. The van der Waals surface area contributed by atoms with E-state index in [1.165, 1.54) is 97.1 Å². The molecule has 0 aliphatic carbocycles. The highest BCUT2D eigenvalue weighted by Crippen LogP contribution is 2.33. The largest absolute Gasteiger partial charge is 0.478 e. The minimum Gasteiger partial charge on any atom is -0.478 e. The second-order valence-electron chi connectivity index (χ2n) is 12.4. The summed E-state index contributed by atoms with van der Waals surface area (Å²) in [6.07, 6.45) is -4.18. The molecule has 2 N–H and O–H groups in total. The molecule has 0 aromatic heterocycles. The first-order valence-electron chi connectivity index (χ1n) is 17.4. The molecule has 0 radical (unpaired) electrons. The Labute approximate surface area is 318 Å². The molecule has 0 saturated heterocycles. The molecule has 6 nitrogen and oxygen atoms in total. The number of aliphatic carboxylic acids is 2. The number of alkyl halides is 8. The lowest BCUT2D eigenvalue weighted by Gasteiger charge is -2.18. The highest BCUT2D eigenvalue weighted by molar-refractivity contribution is 5.85. The predicted molar refractivity (Wildman–Crippen MR) is 195 cm³/mol. The van der Waals surface area contributed by atoms with Gasteiger partial charge in [-0.3, -0.25) is 4.39 Å². The lowest BCUT2D eigenvalue weighted by atomic mass is 10.0. The number of carboxylic acid groups (broad SMARTS) is 2. The Hall–Kier alpha value is -5.66. The van der Waals surface area contributed by atoms with E-state index in [0.29, 0.717) is 49.7 Å². The van der Waals surface area contributed by atoms with E-state index in [1.54, 1.807) is 12.1 Å². The van der Waals surface area contributed by atoms with E-state index in [2.05, 4.69) is 0 Å². The van der Waals surface area contributed by atoms with Crippen molar-refractivity contribution in [3.05, 3.63) is 143 Å². The van der Waals surface area contributed by atoms with Crippen LogP contribution in [0.2, 0.25) is 0 Å². The summed E-state index contributed by atoms with van der Waals surface area (Å²) in [4.78, 5) is 20.9. The zero-order valence-electron chi connectivity index (χ0n) is 30.0. The first-order chi connectivity index (χ1) is 26.5. The fourth-order valence-corrected chi connectivity index (χ4v) is 5.03. The van der Waals surface area contributed by atoms with Gasteiger partial charge in [0.05, 0.1) is 17.8 Å². The molecule has 0 fully saturated rings. The number of ether oxygens (including phenoxy) is 2. The summed E-state index contributed by atoms with van der Waals surface area (Å²) in [7, 11) is 0. The number of benzene rings is 4. The van der Waals surface area contributed by atoms with Crippen molar-refractivity contribution in [1.82, 2.24) is 0 Å². The summed E-state index contributed by atoms with van der Waals surface area (Å²) in [5, 5.41) is 17.1. The van der Waals surface area contributed by atoms with Gasteiger partial charge in [-0.15, -0.1) is 0 Å². The van der Waals surface area contributed by atoms with Crippen LogP contribution in [0.5, 0.6) is 11.5 Å². The van der Waals surface area contributed by atoms with E-state index in [1.807, 2.05) is 0 Å². The average molecular weight is 793 g/mol. The van der Waals surface area contributed by atoms with E-state index in [9.17, 15) is 44.7 Å². The molecule has 0 aliphatic rings. The van der Waals surface area contributed by atoms with Crippen molar-refractivity contribution in [2.45, 2.75) is 69.8 Å². The van der Waals surface area contributed by atoms with Crippen molar-refractivity contribution in [3.63, 3.8) is 0 Å². The van der Waals surface area contributed by atoms with E-state index in [-0.39, 0.29) is 35.7 Å². The van der Waals surface area contributed by atoms with Crippen molar-refractivity contribution in [3.8, 4) is 11.5 Å². The highest BCUT2D eigenvalue weighted by atomic mass is 19.4. The van der Waals surface area contributed by atoms with Gasteiger partial charge in [-0.1, -0.05) is 55.0 Å². The first-order valence-corrected chi connectivity index (χ1v) is 17.4. The lowest BCUT2D eigenvalue weighted by molar-refractivity contribution is -0.186. The van der Waals surface area contributed by atoms with E-state index in [0.717, 1.165) is 23.3 Å². The molecular weight excluding hydrogens is 752 g/mol. The zero-order valence-corrected chi connectivity index (χ0v) is 30.0. The Balaban J connectivity index is 0.000000303. The van der Waals surface area contributed by atoms with Crippen LogP contribution >= 0.6 is 0 Å². The first kappa shape index (κ1) is 44.7. The van der Waals surface area contributed by atoms with Crippen LogP contribution in [0.4, 0.5) is 35.1 Å². The molecule has 0 unspecified atom stereocenters. The Bertz CT molecular complexity index is 1850. The summed E-state index contributed by atoms with van der Waals surface area (Å²) in [5.41, 5.74) is 2.08. The standard InChI is InChI=1S/C22H21F5O3.C20H19F3O3/c23-21(24,25)15-3-1-2-4-16-5-10-18(11-6-16)22(26,27)30-19-12-7-17(8-13-19)9-14-20(28)29;21-14-2-1-3-15-4-9-17(10-5-15)20(22,23)26-18-11-6-16(7-12-18)8-13-19(24)25/h5-14H,1-4,15H2,(H,28,29);4-13H,1-3,14H2,(H,24,25)/b14-9+;13-8+. The van der Waals surface area contributed by atoms with Crippen LogP contribution in [0.3, 0.4) is 0 Å². The van der Waals surface area contributed by atoms with E-state index < -0.39 is 36.8 Å². The number of unbranched alkanes of at least 4 members (excludes halogenated alkanes) is 3. The number of halogens is 8. The molecule has 0 aliphatic heterocycles. The summed E-state index contributed by atoms with van der Waals surface area (Å²) in [6, 6.07) is 22.4. The predicted octanol–water partition coefficient (Wildman–Crippen LogP) is 11.8. The van der Waals surface area contributed by atoms with Gasteiger partial charge in [0.2, 0.25) is 0 Å². The van der Waals surface area contributed by atoms with Gasteiger partial charge in [0.25, 0.3) is 0 Å². The van der Waals surface area contributed by atoms with Crippen molar-refractivity contribution in [1.29, 1.82) is 0 Å². The molecule has 0 heterocycles. The molecule has 300 valence electrons. The van der Waals surface area contributed by atoms with Crippen molar-refractivity contribution in [2.24, 2.45) is 0 Å². The van der Waals surface area contributed by atoms with Crippen LogP contribution in [0, 0.1) is 0 Å². The van der Waals surface area contributed by atoms with Crippen LogP contribution in [-0.4, -0.2) is 35.0 Å². The third kappa shape index (κ3) is 16.8. The number of aryl methyl sites for hydroxylation is 2. The molecule has 0 amide bonds. The highest BCUT2D eigenvalue weighted by Gasteiger charge is 2.35. The topological polar surface area (TPSA) is 93.1 Å². The molecule has 0 spiro atoms. The summed E-state index contributed by atoms with van der Waals surface area (Å²) in [6.45, 7) is -0.380. The molecule has 14 heteroatoms. The number of hydrogen-bond acceptors (Lipinski definition) is 4. The molecule has 56 heavy (non-hydrogen) atoms. The smallest absolute Gasteiger partial charge is 0.426 e. The fourth-order valence-electron chi connectivity index (χ4n) is 5.03. The van der Waals surface area contributed by atoms with Gasteiger partial charge in [-0.25, -0.2) is 9.59 Å². The quantitative estimate of drug-likeness (QED) is 0.0558. The van der Waals surface area contributed by atoms with Crippen molar-refractivity contribution >= 4 is 24.1 Å².